The molecule has 0 aromatic heterocycles. The summed E-state index contributed by atoms with van der Waals surface area (Å²) in [5.74, 6) is 0.283. The second kappa shape index (κ2) is 7.99. The Balaban J connectivity index is 1.76. The van der Waals surface area contributed by atoms with Gasteiger partial charge in [-0.15, -0.1) is 0 Å². The molecule has 0 saturated carbocycles. The Morgan fingerprint density at radius 1 is 1.26 bits per heavy atom. The molecule has 6 nitrogen and oxygen atoms in total. The summed E-state index contributed by atoms with van der Waals surface area (Å²) in [5.41, 5.74) is 0.553. The first-order chi connectivity index (χ1) is 11.1. The number of unbranched alkanes of at least 4 members (excludes halogenated alkanes) is 2. The molecule has 2 rings (SSSR count). The normalized spacial score (nSPS) is 13.6. The number of rotatable bonds is 8. The van der Waals surface area contributed by atoms with Gasteiger partial charge in [0.1, 0.15) is 11.5 Å². The predicted molar refractivity (Wildman–Crippen MR) is 82.6 cm³/mol. The molecular formula is C17H18N2O4. The van der Waals surface area contributed by atoms with E-state index in [4.69, 9.17) is 15.1 Å². The quantitative estimate of drug-likeness (QED) is 0.744. The van der Waals surface area contributed by atoms with Crippen LogP contribution in [-0.2, 0) is 9.59 Å². The molecule has 0 unspecified atom stereocenters. The minimum absolute atomic E-state index is 0.0909. The van der Waals surface area contributed by atoms with Gasteiger partial charge in [-0.25, -0.2) is 0 Å². The lowest BCUT2D eigenvalue weighted by Crippen LogP contribution is -2.27. The zero-order chi connectivity index (χ0) is 16.7. The number of carboxylic acids is 1. The lowest BCUT2D eigenvalue weighted by atomic mass is 10.2. The van der Waals surface area contributed by atoms with E-state index >= 15 is 0 Å². The van der Waals surface area contributed by atoms with E-state index in [0.29, 0.717) is 36.6 Å². The van der Waals surface area contributed by atoms with Gasteiger partial charge in [0.05, 0.1) is 18.2 Å². The summed E-state index contributed by atoms with van der Waals surface area (Å²) in [6, 6.07) is 8.74. The summed E-state index contributed by atoms with van der Waals surface area (Å²) in [5, 5.41) is 17.3. The molecule has 0 aliphatic carbocycles. The molecule has 0 atom stereocenters. The fraction of sp³-hybridized carbons (Fsp3) is 0.353. The molecular weight excluding hydrogens is 296 g/mol. The van der Waals surface area contributed by atoms with Gasteiger partial charge in [0.25, 0.3) is 0 Å². The van der Waals surface area contributed by atoms with Crippen molar-refractivity contribution in [2.45, 2.75) is 25.7 Å². The molecule has 6 heteroatoms. The number of ether oxygens (including phenoxy) is 1. The lowest BCUT2D eigenvalue weighted by Gasteiger charge is -2.16. The van der Waals surface area contributed by atoms with Gasteiger partial charge < -0.3 is 14.7 Å². The second-order valence-corrected chi connectivity index (χ2v) is 5.31. The minimum atomic E-state index is -0.790. The van der Waals surface area contributed by atoms with Crippen molar-refractivity contribution in [1.29, 1.82) is 5.26 Å². The average Bonchev–Trinajstić information content (AvgIpc) is 2.87. The molecule has 0 radical (unpaired) electrons. The van der Waals surface area contributed by atoms with Gasteiger partial charge >= 0.3 is 5.97 Å². The number of hydrogen-bond donors (Lipinski definition) is 1. The van der Waals surface area contributed by atoms with E-state index in [2.05, 4.69) is 0 Å². The Kier molecular flexibility index (Phi) is 5.75. The Morgan fingerprint density at radius 3 is 2.65 bits per heavy atom. The van der Waals surface area contributed by atoms with Crippen molar-refractivity contribution in [3.05, 3.63) is 41.7 Å². The van der Waals surface area contributed by atoms with Crippen LogP contribution < -0.4 is 4.74 Å². The van der Waals surface area contributed by atoms with Crippen LogP contribution in [0.5, 0.6) is 5.75 Å². The Bertz CT molecular complexity index is 644. The molecule has 1 amide bonds. The van der Waals surface area contributed by atoms with Crippen LogP contribution in [0.1, 0.15) is 31.2 Å². The third-order valence-electron chi connectivity index (χ3n) is 3.49. The Morgan fingerprint density at radius 2 is 2.00 bits per heavy atom. The lowest BCUT2D eigenvalue weighted by molar-refractivity contribution is -0.137. The van der Waals surface area contributed by atoms with Crippen LogP contribution in [0.4, 0.5) is 0 Å². The molecule has 1 aromatic carbocycles. The summed E-state index contributed by atoms with van der Waals surface area (Å²) >= 11 is 0. The molecule has 0 saturated heterocycles. The van der Waals surface area contributed by atoms with E-state index in [0.717, 1.165) is 12.8 Å². The Hall–Kier alpha value is -2.81. The van der Waals surface area contributed by atoms with Gasteiger partial charge in [-0.1, -0.05) is 6.42 Å². The van der Waals surface area contributed by atoms with Crippen molar-refractivity contribution >= 4 is 11.9 Å². The largest absolute Gasteiger partial charge is 0.481 e. The number of carboxylic acid groups (broad SMARTS) is 1. The van der Waals surface area contributed by atoms with Crippen molar-refractivity contribution in [3.63, 3.8) is 0 Å². The van der Waals surface area contributed by atoms with Crippen LogP contribution in [0.25, 0.3) is 0 Å². The van der Waals surface area contributed by atoms with Crippen LogP contribution in [0.2, 0.25) is 0 Å². The topological polar surface area (TPSA) is 90.6 Å². The highest BCUT2D eigenvalue weighted by molar-refractivity contribution is 5.90. The highest BCUT2D eigenvalue weighted by Gasteiger charge is 2.22. The van der Waals surface area contributed by atoms with Crippen LogP contribution in [-0.4, -0.2) is 35.0 Å². The molecule has 1 aromatic rings. The molecule has 0 spiro atoms. The molecule has 1 aliphatic heterocycles. The smallest absolute Gasteiger partial charge is 0.303 e. The van der Waals surface area contributed by atoms with E-state index in [1.165, 1.54) is 6.08 Å². The fourth-order valence-electron chi connectivity index (χ4n) is 2.30. The molecule has 1 N–H and O–H groups in total. The van der Waals surface area contributed by atoms with Crippen molar-refractivity contribution in [2.24, 2.45) is 0 Å². The number of benzene rings is 1. The SMILES string of the molecule is N#Cc1ccc(OC2=CC(=O)N(CCCCCC(=O)O)C2)cc1. The highest BCUT2D eigenvalue weighted by Crippen LogP contribution is 2.19. The summed E-state index contributed by atoms with van der Waals surface area (Å²) in [6.07, 6.45) is 3.81. The van der Waals surface area contributed by atoms with Crippen LogP contribution in [0.15, 0.2) is 36.1 Å². The van der Waals surface area contributed by atoms with Crippen LogP contribution in [0.3, 0.4) is 0 Å². The number of hydrogen-bond acceptors (Lipinski definition) is 4. The highest BCUT2D eigenvalue weighted by atomic mass is 16.5. The Labute approximate surface area is 134 Å². The van der Waals surface area contributed by atoms with Gasteiger partial charge in [-0.05, 0) is 37.1 Å². The van der Waals surface area contributed by atoms with E-state index in [-0.39, 0.29) is 12.3 Å². The third kappa shape index (κ3) is 5.15. The third-order valence-corrected chi connectivity index (χ3v) is 3.49. The maximum Gasteiger partial charge on any atom is 0.303 e. The van der Waals surface area contributed by atoms with Gasteiger partial charge in [-0.2, -0.15) is 5.26 Å². The maximum absolute atomic E-state index is 11.9. The van der Waals surface area contributed by atoms with Crippen molar-refractivity contribution < 1.29 is 19.4 Å². The van der Waals surface area contributed by atoms with E-state index in [9.17, 15) is 9.59 Å². The molecule has 0 fully saturated rings. The molecule has 23 heavy (non-hydrogen) atoms. The monoisotopic (exact) mass is 314 g/mol. The van der Waals surface area contributed by atoms with Crippen molar-refractivity contribution in [2.75, 3.05) is 13.1 Å². The van der Waals surface area contributed by atoms with Crippen molar-refractivity contribution in [3.8, 4) is 11.8 Å². The van der Waals surface area contributed by atoms with Crippen LogP contribution >= 0.6 is 0 Å². The van der Waals surface area contributed by atoms with Crippen LogP contribution in [0, 0.1) is 11.3 Å². The van der Waals surface area contributed by atoms with E-state index in [1.54, 1.807) is 29.2 Å². The first kappa shape index (κ1) is 16.6. The predicted octanol–water partition coefficient (Wildman–Crippen LogP) is 2.31. The summed E-state index contributed by atoms with van der Waals surface area (Å²) in [7, 11) is 0. The number of nitriles is 1. The molecule has 0 bridgehead atoms. The van der Waals surface area contributed by atoms with Gasteiger partial charge in [0.2, 0.25) is 5.91 Å². The number of amides is 1. The number of carbonyl (C=O) groups excluding carboxylic acids is 1. The zero-order valence-electron chi connectivity index (χ0n) is 12.7. The van der Waals surface area contributed by atoms with Gasteiger partial charge in [0.15, 0.2) is 0 Å². The fourth-order valence-corrected chi connectivity index (χ4v) is 2.30. The number of nitrogens with zero attached hydrogens (tertiary/aromatic N) is 2. The second-order valence-electron chi connectivity index (χ2n) is 5.31. The first-order valence-corrected chi connectivity index (χ1v) is 7.48. The number of carbonyl (C=O) groups is 2. The maximum atomic E-state index is 11.9. The average molecular weight is 314 g/mol. The summed E-state index contributed by atoms with van der Waals surface area (Å²) in [4.78, 5) is 24.0. The van der Waals surface area contributed by atoms with E-state index in [1.807, 2.05) is 6.07 Å². The van der Waals surface area contributed by atoms with Gasteiger partial charge in [-0.3, -0.25) is 9.59 Å². The van der Waals surface area contributed by atoms with Gasteiger partial charge in [0, 0.05) is 19.0 Å². The summed E-state index contributed by atoms with van der Waals surface area (Å²) in [6.45, 7) is 1.01. The number of aliphatic carboxylic acids is 1. The van der Waals surface area contributed by atoms with E-state index < -0.39 is 5.97 Å². The molecule has 120 valence electrons. The minimum Gasteiger partial charge on any atom is -0.481 e. The standard InChI is InChI=1S/C17H18N2O4/c18-11-13-5-7-14(8-6-13)23-15-10-16(20)19(12-15)9-3-1-2-4-17(21)22/h5-8,10H,1-4,9,12H2,(H,21,22). The summed E-state index contributed by atoms with van der Waals surface area (Å²) < 4.78 is 5.65. The molecule has 1 aliphatic rings. The van der Waals surface area contributed by atoms with Crippen molar-refractivity contribution in [1.82, 2.24) is 4.90 Å². The molecule has 1 heterocycles. The first-order valence-electron chi connectivity index (χ1n) is 7.48. The zero-order valence-corrected chi connectivity index (χ0v) is 12.7.